The number of hydrogen-bond donors (Lipinski definition) is 1. The molecule has 0 aromatic rings. The zero-order chi connectivity index (χ0) is 11.5. The fraction of sp³-hybridized carbons (Fsp3) is 1.00. The molecule has 0 heterocycles. The predicted molar refractivity (Wildman–Crippen MR) is 69.4 cm³/mol. The molecule has 2 nitrogen and oxygen atoms in total. The maximum Gasteiger partial charge on any atom is 0.00869 e. The SMILES string of the molecule is CCCNCCCCN(C)C(CC)CC. The Balaban J connectivity index is 3.33. The lowest BCUT2D eigenvalue weighted by Gasteiger charge is -2.25. The third kappa shape index (κ3) is 7.80. The second-order valence-corrected chi connectivity index (χ2v) is 4.41. The standard InChI is InChI=1S/C13H30N2/c1-5-10-14-11-8-9-12-15(4)13(6-2)7-3/h13-14H,5-12H2,1-4H3. The Morgan fingerprint density at radius 2 is 1.67 bits per heavy atom. The van der Waals surface area contributed by atoms with Gasteiger partial charge in [0.25, 0.3) is 0 Å². The van der Waals surface area contributed by atoms with Gasteiger partial charge >= 0.3 is 0 Å². The van der Waals surface area contributed by atoms with E-state index in [2.05, 4.69) is 38.0 Å². The van der Waals surface area contributed by atoms with E-state index >= 15 is 0 Å². The normalized spacial score (nSPS) is 11.6. The maximum absolute atomic E-state index is 3.45. The summed E-state index contributed by atoms with van der Waals surface area (Å²) in [5, 5.41) is 3.45. The Labute approximate surface area is 96.4 Å². The molecular weight excluding hydrogens is 184 g/mol. The summed E-state index contributed by atoms with van der Waals surface area (Å²) in [5.74, 6) is 0. The van der Waals surface area contributed by atoms with Gasteiger partial charge in [-0.25, -0.2) is 0 Å². The third-order valence-electron chi connectivity index (χ3n) is 3.11. The molecule has 0 bridgehead atoms. The molecule has 0 aromatic heterocycles. The van der Waals surface area contributed by atoms with E-state index < -0.39 is 0 Å². The number of nitrogens with one attached hydrogen (secondary N) is 1. The molecule has 0 aromatic carbocycles. The quantitative estimate of drug-likeness (QED) is 0.563. The lowest BCUT2D eigenvalue weighted by atomic mass is 10.1. The van der Waals surface area contributed by atoms with E-state index in [1.165, 1.54) is 51.7 Å². The largest absolute Gasteiger partial charge is 0.317 e. The molecule has 0 rings (SSSR count). The zero-order valence-corrected chi connectivity index (χ0v) is 11.2. The predicted octanol–water partition coefficient (Wildman–Crippen LogP) is 2.89. The Morgan fingerprint density at radius 3 is 2.20 bits per heavy atom. The van der Waals surface area contributed by atoms with Crippen LogP contribution in [0.25, 0.3) is 0 Å². The number of hydrogen-bond acceptors (Lipinski definition) is 2. The van der Waals surface area contributed by atoms with Crippen LogP contribution in [-0.4, -0.2) is 37.6 Å². The van der Waals surface area contributed by atoms with Crippen molar-refractivity contribution in [2.45, 2.75) is 58.9 Å². The molecule has 15 heavy (non-hydrogen) atoms. The van der Waals surface area contributed by atoms with E-state index in [4.69, 9.17) is 0 Å². The van der Waals surface area contributed by atoms with E-state index in [1.807, 2.05) is 0 Å². The van der Waals surface area contributed by atoms with Crippen molar-refractivity contribution in [3.8, 4) is 0 Å². The van der Waals surface area contributed by atoms with Crippen LogP contribution in [0.4, 0.5) is 0 Å². The molecule has 92 valence electrons. The van der Waals surface area contributed by atoms with E-state index in [-0.39, 0.29) is 0 Å². The molecule has 0 spiro atoms. The third-order valence-corrected chi connectivity index (χ3v) is 3.11. The Kier molecular flexibility index (Phi) is 10.4. The van der Waals surface area contributed by atoms with E-state index in [0.717, 1.165) is 6.04 Å². The highest BCUT2D eigenvalue weighted by molar-refractivity contribution is 4.65. The first-order valence-electron chi connectivity index (χ1n) is 6.67. The van der Waals surface area contributed by atoms with Gasteiger partial charge in [0.15, 0.2) is 0 Å². The summed E-state index contributed by atoms with van der Waals surface area (Å²) < 4.78 is 0. The summed E-state index contributed by atoms with van der Waals surface area (Å²) in [5.41, 5.74) is 0. The van der Waals surface area contributed by atoms with Gasteiger partial charge < -0.3 is 10.2 Å². The average molecular weight is 214 g/mol. The first-order chi connectivity index (χ1) is 7.26. The second kappa shape index (κ2) is 10.4. The van der Waals surface area contributed by atoms with Crippen LogP contribution in [-0.2, 0) is 0 Å². The molecule has 0 aliphatic carbocycles. The number of rotatable bonds is 10. The molecule has 0 aliphatic rings. The molecule has 0 saturated heterocycles. The van der Waals surface area contributed by atoms with Crippen molar-refractivity contribution in [3.63, 3.8) is 0 Å². The van der Waals surface area contributed by atoms with Crippen molar-refractivity contribution >= 4 is 0 Å². The second-order valence-electron chi connectivity index (χ2n) is 4.41. The van der Waals surface area contributed by atoms with Gasteiger partial charge in [0.1, 0.15) is 0 Å². The minimum absolute atomic E-state index is 0.786. The van der Waals surface area contributed by atoms with E-state index in [1.54, 1.807) is 0 Å². The van der Waals surface area contributed by atoms with Gasteiger partial charge in [-0.05, 0) is 58.8 Å². The van der Waals surface area contributed by atoms with Crippen LogP contribution in [0.1, 0.15) is 52.9 Å². The zero-order valence-electron chi connectivity index (χ0n) is 11.2. The molecule has 0 fully saturated rings. The molecule has 1 N–H and O–H groups in total. The fourth-order valence-electron chi connectivity index (χ4n) is 2.01. The summed E-state index contributed by atoms with van der Waals surface area (Å²) in [6.07, 6.45) is 6.43. The Morgan fingerprint density at radius 1 is 1.00 bits per heavy atom. The summed E-state index contributed by atoms with van der Waals surface area (Å²) in [6, 6.07) is 0.786. The fourth-order valence-corrected chi connectivity index (χ4v) is 2.01. The minimum Gasteiger partial charge on any atom is -0.317 e. The number of nitrogens with zero attached hydrogens (tertiary/aromatic N) is 1. The first-order valence-corrected chi connectivity index (χ1v) is 6.67. The highest BCUT2D eigenvalue weighted by Crippen LogP contribution is 2.06. The monoisotopic (exact) mass is 214 g/mol. The summed E-state index contributed by atoms with van der Waals surface area (Å²) in [7, 11) is 2.26. The number of unbranched alkanes of at least 4 members (excludes halogenated alkanes) is 1. The van der Waals surface area contributed by atoms with Gasteiger partial charge in [0.2, 0.25) is 0 Å². The van der Waals surface area contributed by atoms with Crippen LogP contribution >= 0.6 is 0 Å². The van der Waals surface area contributed by atoms with E-state index in [0.29, 0.717) is 0 Å². The average Bonchev–Trinajstić information content (AvgIpc) is 2.25. The van der Waals surface area contributed by atoms with Gasteiger partial charge in [0.05, 0.1) is 0 Å². The van der Waals surface area contributed by atoms with Crippen LogP contribution in [0.2, 0.25) is 0 Å². The smallest absolute Gasteiger partial charge is 0.00869 e. The van der Waals surface area contributed by atoms with Gasteiger partial charge in [-0.3, -0.25) is 0 Å². The van der Waals surface area contributed by atoms with Crippen molar-refractivity contribution < 1.29 is 0 Å². The first kappa shape index (κ1) is 14.9. The van der Waals surface area contributed by atoms with Crippen LogP contribution in [0.5, 0.6) is 0 Å². The Bertz CT molecular complexity index is 122. The van der Waals surface area contributed by atoms with Crippen LogP contribution in [0.3, 0.4) is 0 Å². The molecule has 0 amide bonds. The van der Waals surface area contributed by atoms with Crippen LogP contribution in [0.15, 0.2) is 0 Å². The van der Waals surface area contributed by atoms with Gasteiger partial charge in [-0.15, -0.1) is 0 Å². The maximum atomic E-state index is 3.45. The summed E-state index contributed by atoms with van der Waals surface area (Å²) in [4.78, 5) is 2.51. The molecule has 0 saturated carbocycles. The highest BCUT2D eigenvalue weighted by atomic mass is 15.1. The molecule has 0 atom stereocenters. The van der Waals surface area contributed by atoms with Crippen LogP contribution < -0.4 is 5.32 Å². The van der Waals surface area contributed by atoms with Gasteiger partial charge in [-0.1, -0.05) is 20.8 Å². The van der Waals surface area contributed by atoms with Gasteiger partial charge in [0, 0.05) is 6.04 Å². The Hall–Kier alpha value is -0.0800. The highest BCUT2D eigenvalue weighted by Gasteiger charge is 2.08. The molecule has 0 unspecified atom stereocenters. The molecule has 0 aliphatic heterocycles. The van der Waals surface area contributed by atoms with Crippen LogP contribution in [0, 0.1) is 0 Å². The van der Waals surface area contributed by atoms with Crippen molar-refractivity contribution in [1.29, 1.82) is 0 Å². The molecule has 2 heteroatoms. The topological polar surface area (TPSA) is 15.3 Å². The van der Waals surface area contributed by atoms with Crippen molar-refractivity contribution in [3.05, 3.63) is 0 Å². The minimum atomic E-state index is 0.786. The van der Waals surface area contributed by atoms with E-state index in [9.17, 15) is 0 Å². The van der Waals surface area contributed by atoms with Crippen molar-refractivity contribution in [2.24, 2.45) is 0 Å². The molecule has 0 radical (unpaired) electrons. The van der Waals surface area contributed by atoms with Crippen molar-refractivity contribution in [1.82, 2.24) is 10.2 Å². The van der Waals surface area contributed by atoms with Crippen molar-refractivity contribution in [2.75, 3.05) is 26.7 Å². The van der Waals surface area contributed by atoms with Gasteiger partial charge in [-0.2, -0.15) is 0 Å². The summed E-state index contributed by atoms with van der Waals surface area (Å²) >= 11 is 0. The summed E-state index contributed by atoms with van der Waals surface area (Å²) in [6.45, 7) is 10.4. The lowest BCUT2D eigenvalue weighted by Crippen LogP contribution is -2.31. The lowest BCUT2D eigenvalue weighted by molar-refractivity contribution is 0.225. The molecular formula is C13H30N2.